The maximum atomic E-state index is 11.0. The van der Waals surface area contributed by atoms with Gasteiger partial charge in [-0.05, 0) is 113 Å². The molecule has 8 rings (SSSR count). The average molecular weight is 636 g/mol. The molecule has 1 N–H and O–H groups in total. The van der Waals surface area contributed by atoms with Crippen LogP contribution in [0.2, 0.25) is 0 Å². The first-order valence-electron chi connectivity index (χ1n) is 16.7. The lowest BCUT2D eigenvalue weighted by Crippen LogP contribution is -2.49. The Hall–Kier alpha value is -5.36. The fraction of sp³-hybridized carbons (Fsp3) is 0.136. The normalized spacial score (nSPS) is 12.3. The van der Waals surface area contributed by atoms with Crippen LogP contribution in [0.1, 0.15) is 27.7 Å². The number of fused-ring (bicyclic) bond motifs is 3. The van der Waals surface area contributed by atoms with Gasteiger partial charge >= 0.3 is 7.48 Å². The fourth-order valence-corrected chi connectivity index (χ4v) is 6.69. The summed E-state index contributed by atoms with van der Waals surface area (Å²) in [7, 11) is 1.84. The van der Waals surface area contributed by atoms with E-state index in [4.69, 9.17) is 4.65 Å². The first kappa shape index (κ1) is 30.9. The molecule has 1 radical (unpaired) electrons. The van der Waals surface area contributed by atoms with Gasteiger partial charge in [-0.1, -0.05) is 103 Å². The smallest absolute Gasteiger partial charge is 0.331 e. The Labute approximate surface area is 288 Å². The lowest BCUT2D eigenvalue weighted by molar-refractivity contribution is -0.0893. The molecule has 1 aliphatic rings. The topological polar surface area (TPSA) is 55.2 Å². The first-order chi connectivity index (χ1) is 23.7. The highest BCUT2D eigenvalue weighted by molar-refractivity contribution is 6.51. The maximum Gasteiger partial charge on any atom is 0.331 e. The van der Waals surface area contributed by atoms with Crippen molar-refractivity contribution in [1.82, 2.24) is 9.97 Å². The van der Waals surface area contributed by atoms with Crippen molar-refractivity contribution in [2.24, 2.45) is 0 Å². The molecule has 0 aliphatic heterocycles. The maximum absolute atomic E-state index is 11.0. The zero-order valence-electron chi connectivity index (χ0n) is 28.1. The Morgan fingerprint density at radius 2 is 1.06 bits per heavy atom. The van der Waals surface area contributed by atoms with Crippen molar-refractivity contribution < 1.29 is 9.76 Å². The highest BCUT2D eigenvalue weighted by Gasteiger charge is 2.37. The molecule has 2 heterocycles. The Bertz CT molecular complexity index is 2310. The van der Waals surface area contributed by atoms with Crippen molar-refractivity contribution in [3.63, 3.8) is 0 Å². The molecule has 2 aromatic heterocycles. The molecular weight excluding hydrogens is 599 g/mol. The third kappa shape index (κ3) is 5.45. The summed E-state index contributed by atoms with van der Waals surface area (Å²) >= 11 is 0. The lowest BCUT2D eigenvalue weighted by Gasteiger charge is -2.38. The molecule has 0 saturated carbocycles. The SMILES string of the molecule is CC(C)(O)C(C)(C)O[B]c1cc(-c2ccc(-c3ccccn3)cc2)c2c(c1-c1ccc(-c3ccccn3)cc1)-c1cccc3cccc-2c13. The summed E-state index contributed by atoms with van der Waals surface area (Å²) in [6.45, 7) is 7.41. The van der Waals surface area contributed by atoms with Crippen LogP contribution in [0, 0.1) is 0 Å². The summed E-state index contributed by atoms with van der Waals surface area (Å²) in [5, 5.41) is 13.5. The van der Waals surface area contributed by atoms with Crippen LogP contribution in [0.3, 0.4) is 0 Å². The predicted molar refractivity (Wildman–Crippen MR) is 203 cm³/mol. The molecule has 1 aliphatic carbocycles. The van der Waals surface area contributed by atoms with Gasteiger partial charge in [0.15, 0.2) is 0 Å². The minimum atomic E-state index is -1.07. The van der Waals surface area contributed by atoms with Gasteiger partial charge in [-0.25, -0.2) is 0 Å². The second-order valence-electron chi connectivity index (χ2n) is 13.7. The van der Waals surface area contributed by atoms with E-state index in [1.807, 2.05) is 70.1 Å². The van der Waals surface area contributed by atoms with E-state index in [-0.39, 0.29) is 0 Å². The summed E-state index contributed by atoms with van der Waals surface area (Å²) < 4.78 is 6.52. The number of aliphatic hydroxyl groups is 1. The van der Waals surface area contributed by atoms with E-state index in [9.17, 15) is 5.11 Å². The quantitative estimate of drug-likeness (QED) is 0.169. The van der Waals surface area contributed by atoms with Gasteiger partial charge < -0.3 is 9.76 Å². The molecule has 0 amide bonds. The monoisotopic (exact) mass is 635 g/mol. The summed E-state index contributed by atoms with van der Waals surface area (Å²) in [5.74, 6) is 0. The highest BCUT2D eigenvalue weighted by Crippen LogP contribution is 2.54. The first-order valence-corrected chi connectivity index (χ1v) is 16.7. The van der Waals surface area contributed by atoms with E-state index >= 15 is 0 Å². The molecule has 0 atom stereocenters. The van der Waals surface area contributed by atoms with Crippen LogP contribution in [-0.2, 0) is 4.65 Å². The molecule has 0 bridgehead atoms. The van der Waals surface area contributed by atoms with E-state index in [1.165, 1.54) is 33.0 Å². The van der Waals surface area contributed by atoms with Crippen molar-refractivity contribution in [3.8, 4) is 67.0 Å². The van der Waals surface area contributed by atoms with Gasteiger partial charge in [0.05, 0.1) is 22.6 Å². The predicted octanol–water partition coefficient (Wildman–Crippen LogP) is 9.76. The van der Waals surface area contributed by atoms with Gasteiger partial charge in [0.2, 0.25) is 0 Å². The third-order valence-electron chi connectivity index (χ3n) is 10.0. The number of benzene rings is 5. The van der Waals surface area contributed by atoms with E-state index in [0.29, 0.717) is 0 Å². The molecule has 0 unspecified atom stereocenters. The van der Waals surface area contributed by atoms with E-state index in [2.05, 4.69) is 101 Å². The minimum absolute atomic E-state index is 0.848. The van der Waals surface area contributed by atoms with Gasteiger partial charge in [0.1, 0.15) is 0 Å². The van der Waals surface area contributed by atoms with Crippen LogP contribution >= 0.6 is 0 Å². The molecule has 4 nitrogen and oxygen atoms in total. The number of aromatic nitrogens is 2. The largest absolute Gasteiger partial charge is 0.427 e. The van der Waals surface area contributed by atoms with E-state index in [1.54, 1.807) is 13.8 Å². The molecule has 5 heteroatoms. The lowest BCUT2D eigenvalue weighted by atomic mass is 9.73. The third-order valence-corrected chi connectivity index (χ3v) is 10.0. The summed E-state index contributed by atoms with van der Waals surface area (Å²) in [5.41, 5.74) is 12.2. The van der Waals surface area contributed by atoms with Crippen molar-refractivity contribution >= 4 is 23.7 Å². The Kier molecular flexibility index (Phi) is 7.55. The van der Waals surface area contributed by atoms with Gasteiger partial charge in [0.25, 0.3) is 0 Å². The molecule has 5 aromatic carbocycles. The molecule has 237 valence electrons. The fourth-order valence-electron chi connectivity index (χ4n) is 6.69. The summed E-state index contributed by atoms with van der Waals surface area (Å²) in [6.07, 6.45) is 3.65. The Morgan fingerprint density at radius 3 is 1.59 bits per heavy atom. The van der Waals surface area contributed by atoms with Gasteiger partial charge in [-0.2, -0.15) is 0 Å². The number of rotatable bonds is 8. The number of hydrogen-bond acceptors (Lipinski definition) is 4. The molecule has 7 aromatic rings. The number of pyridine rings is 2. The highest BCUT2D eigenvalue weighted by atomic mass is 16.5. The van der Waals surface area contributed by atoms with Crippen LogP contribution in [0.15, 0.2) is 140 Å². The minimum Gasteiger partial charge on any atom is -0.427 e. The van der Waals surface area contributed by atoms with Crippen LogP contribution < -0.4 is 5.46 Å². The molecule has 0 saturated heterocycles. The van der Waals surface area contributed by atoms with E-state index < -0.39 is 11.2 Å². The number of nitrogens with zero attached hydrogens (tertiary/aromatic N) is 2. The van der Waals surface area contributed by atoms with Gasteiger partial charge in [0, 0.05) is 23.5 Å². The van der Waals surface area contributed by atoms with E-state index in [0.717, 1.165) is 50.2 Å². The molecule has 49 heavy (non-hydrogen) atoms. The van der Waals surface area contributed by atoms with Crippen molar-refractivity contribution in [2.45, 2.75) is 38.9 Å². The Balaban J connectivity index is 1.37. The van der Waals surface area contributed by atoms with Crippen molar-refractivity contribution in [2.75, 3.05) is 0 Å². The molecular formula is C44H36BN2O2. The zero-order chi connectivity index (χ0) is 33.8. The molecule has 0 spiro atoms. The van der Waals surface area contributed by atoms with Crippen LogP contribution in [0.25, 0.3) is 77.8 Å². The van der Waals surface area contributed by atoms with Gasteiger partial charge in [-0.3, -0.25) is 9.97 Å². The van der Waals surface area contributed by atoms with Crippen molar-refractivity contribution in [3.05, 3.63) is 140 Å². The zero-order valence-corrected chi connectivity index (χ0v) is 28.1. The summed E-state index contributed by atoms with van der Waals surface area (Å²) in [6, 6.07) is 44.7. The average Bonchev–Trinajstić information content (AvgIpc) is 3.46. The summed E-state index contributed by atoms with van der Waals surface area (Å²) in [4.78, 5) is 9.14. The van der Waals surface area contributed by atoms with Crippen LogP contribution in [0.5, 0.6) is 0 Å². The molecule has 0 fully saturated rings. The van der Waals surface area contributed by atoms with Crippen LogP contribution in [-0.4, -0.2) is 33.8 Å². The van der Waals surface area contributed by atoms with Gasteiger partial charge in [-0.15, -0.1) is 0 Å². The Morgan fingerprint density at radius 1 is 0.531 bits per heavy atom. The van der Waals surface area contributed by atoms with Crippen LogP contribution in [0.4, 0.5) is 0 Å². The van der Waals surface area contributed by atoms with Crippen molar-refractivity contribution in [1.29, 1.82) is 0 Å². The standard InChI is InChI=1S/C44H36BN2O2/c1-43(2,48)44(3,4)49-45-36-27-35(28-17-19-29(20-18-28)37-15-5-7-25-46-37)41-33-13-9-11-31-12-10-14-34(39(31)33)42(41)40(36)32-23-21-30(22-24-32)38-16-6-8-26-47-38/h5-27,48H,1-4H3. The second kappa shape index (κ2) is 12.0. The second-order valence-corrected chi connectivity index (χ2v) is 13.7. The number of hydrogen-bond donors (Lipinski definition) is 1.